The van der Waals surface area contributed by atoms with Crippen molar-refractivity contribution in [2.45, 2.75) is 0 Å². The van der Waals surface area contributed by atoms with Crippen molar-refractivity contribution in [3.8, 4) is 16.8 Å². The van der Waals surface area contributed by atoms with E-state index in [0.717, 1.165) is 50.1 Å². The third kappa shape index (κ3) is 3.98. The van der Waals surface area contributed by atoms with Gasteiger partial charge in [-0.25, -0.2) is 0 Å². The Bertz CT molecular complexity index is 2440. The highest BCUT2D eigenvalue weighted by molar-refractivity contribution is 6.13. The van der Waals surface area contributed by atoms with Gasteiger partial charge in [0.2, 0.25) is 0 Å². The number of allylic oxidation sites excluding steroid dienone is 4. The maximum atomic E-state index is 6.67. The average molecular weight is 577 g/mol. The first kappa shape index (κ1) is 25.4. The Morgan fingerprint density at radius 2 is 1.20 bits per heavy atom. The second-order valence-electron chi connectivity index (χ2n) is 11.5. The third-order valence-corrected chi connectivity index (χ3v) is 8.92. The molecule has 0 fully saturated rings. The highest BCUT2D eigenvalue weighted by atomic mass is 16.3. The summed E-state index contributed by atoms with van der Waals surface area (Å²) in [5.41, 5.74) is 11.6. The summed E-state index contributed by atoms with van der Waals surface area (Å²) in [6.07, 6.45) is 8.26. The van der Waals surface area contributed by atoms with Crippen LogP contribution in [-0.4, -0.2) is 4.57 Å². The van der Waals surface area contributed by atoms with Gasteiger partial charge >= 0.3 is 0 Å². The van der Waals surface area contributed by atoms with Crippen LogP contribution in [0.25, 0.3) is 66.1 Å². The molecule has 0 radical (unpaired) electrons. The molecule has 0 aliphatic carbocycles. The Kier molecular flexibility index (Phi) is 5.66. The summed E-state index contributed by atoms with van der Waals surface area (Å²) in [6, 6.07) is 47.3. The van der Waals surface area contributed by atoms with Gasteiger partial charge in [0.15, 0.2) is 0 Å². The molecule has 0 unspecified atom stereocenters. The summed E-state index contributed by atoms with van der Waals surface area (Å²) < 4.78 is 9.02. The van der Waals surface area contributed by atoms with E-state index < -0.39 is 0 Å². The predicted octanol–water partition coefficient (Wildman–Crippen LogP) is 11.6. The van der Waals surface area contributed by atoms with Crippen molar-refractivity contribution in [3.05, 3.63) is 170 Å². The molecule has 1 aliphatic heterocycles. The number of fused-ring (bicyclic) bond motifs is 8. The van der Waals surface area contributed by atoms with Crippen molar-refractivity contribution in [2.75, 3.05) is 4.90 Å². The van der Waals surface area contributed by atoms with Gasteiger partial charge < -0.3 is 13.9 Å². The van der Waals surface area contributed by atoms with Crippen molar-refractivity contribution < 1.29 is 4.42 Å². The lowest BCUT2D eigenvalue weighted by molar-refractivity contribution is 0.667. The molecule has 212 valence electrons. The Hall–Kier alpha value is -6.06. The van der Waals surface area contributed by atoms with Gasteiger partial charge in [-0.05, 0) is 77.4 Å². The fourth-order valence-electron chi connectivity index (χ4n) is 6.81. The van der Waals surface area contributed by atoms with E-state index in [2.05, 4.69) is 162 Å². The summed E-state index contributed by atoms with van der Waals surface area (Å²) in [7, 11) is 0. The second kappa shape index (κ2) is 10.0. The van der Waals surface area contributed by atoms with Gasteiger partial charge in [0.1, 0.15) is 11.2 Å². The summed E-state index contributed by atoms with van der Waals surface area (Å²) in [5, 5.41) is 4.66. The Labute approximate surface area is 260 Å². The minimum Gasteiger partial charge on any atom is -0.455 e. The lowest BCUT2D eigenvalue weighted by Gasteiger charge is -2.25. The molecule has 0 N–H and O–H groups in total. The molecule has 1 aliphatic rings. The van der Waals surface area contributed by atoms with Crippen LogP contribution in [0.15, 0.2) is 169 Å². The largest absolute Gasteiger partial charge is 0.455 e. The zero-order valence-electron chi connectivity index (χ0n) is 24.5. The van der Waals surface area contributed by atoms with E-state index in [1.54, 1.807) is 0 Å². The molecule has 3 nitrogen and oxygen atoms in total. The molecule has 0 amide bonds. The molecular weight excluding hydrogens is 548 g/mol. The number of para-hydroxylation sites is 2. The van der Waals surface area contributed by atoms with Crippen LogP contribution in [-0.2, 0) is 0 Å². The van der Waals surface area contributed by atoms with Crippen molar-refractivity contribution in [1.29, 1.82) is 0 Å². The summed E-state index contributed by atoms with van der Waals surface area (Å²) in [6.45, 7) is 4.47. The Morgan fingerprint density at radius 3 is 1.96 bits per heavy atom. The van der Waals surface area contributed by atoms with Crippen molar-refractivity contribution in [3.63, 3.8) is 0 Å². The number of anilines is 2. The maximum absolute atomic E-state index is 6.67. The van der Waals surface area contributed by atoms with Gasteiger partial charge in [0, 0.05) is 44.7 Å². The van der Waals surface area contributed by atoms with Gasteiger partial charge in [-0.3, -0.25) is 0 Å². The number of benzene rings is 6. The summed E-state index contributed by atoms with van der Waals surface area (Å²) in [5.74, 6) is 0. The molecule has 0 bridgehead atoms. The van der Waals surface area contributed by atoms with Crippen LogP contribution in [0.5, 0.6) is 0 Å². The summed E-state index contributed by atoms with van der Waals surface area (Å²) in [4.78, 5) is 2.22. The van der Waals surface area contributed by atoms with Crippen LogP contribution < -0.4 is 4.90 Å². The highest BCUT2D eigenvalue weighted by Gasteiger charge is 2.22. The quantitative estimate of drug-likeness (QED) is 0.209. The number of hydrogen-bond donors (Lipinski definition) is 0. The zero-order chi connectivity index (χ0) is 29.9. The first-order chi connectivity index (χ1) is 22.2. The standard InChI is InChI=1S/C42H28N2O/c1-28-11-9-10-26-43(31-20-18-30(19-21-31)29-12-3-2-4-13-29)39-24-23-35-36-27-32(22-25-40(36)45-42(35)41(28)39)44-37-16-7-5-14-33(37)34-15-6-8-17-38(34)44/h2-27H,1H2/b11-9-,26-10-. The van der Waals surface area contributed by atoms with E-state index in [4.69, 9.17) is 4.42 Å². The molecule has 2 aromatic heterocycles. The first-order valence-electron chi connectivity index (χ1n) is 15.2. The fourth-order valence-corrected chi connectivity index (χ4v) is 6.81. The number of rotatable bonds is 3. The summed E-state index contributed by atoms with van der Waals surface area (Å²) >= 11 is 0. The van der Waals surface area contributed by atoms with E-state index in [0.29, 0.717) is 0 Å². The van der Waals surface area contributed by atoms with Gasteiger partial charge in [0.05, 0.1) is 16.7 Å². The van der Waals surface area contributed by atoms with Crippen molar-refractivity contribution >= 4 is 60.7 Å². The third-order valence-electron chi connectivity index (χ3n) is 8.92. The van der Waals surface area contributed by atoms with Crippen LogP contribution in [0.2, 0.25) is 0 Å². The molecule has 8 aromatic rings. The number of hydrogen-bond acceptors (Lipinski definition) is 2. The van der Waals surface area contributed by atoms with Crippen molar-refractivity contribution in [1.82, 2.24) is 4.57 Å². The Balaban J connectivity index is 1.21. The molecule has 0 spiro atoms. The van der Waals surface area contributed by atoms with Crippen LogP contribution >= 0.6 is 0 Å². The molecule has 6 aromatic carbocycles. The first-order valence-corrected chi connectivity index (χ1v) is 15.2. The lowest BCUT2D eigenvalue weighted by atomic mass is 9.98. The average Bonchev–Trinajstić information content (AvgIpc) is 3.63. The SMILES string of the molecule is C=C1/C=C\C=C/N(c2ccc(-c3ccccc3)cc2)c2ccc3c(oc4ccc(-n5c6ccccc6c6ccccc65)cc43)c21. The predicted molar refractivity (Wildman–Crippen MR) is 189 cm³/mol. The van der Waals surface area contributed by atoms with E-state index >= 15 is 0 Å². The van der Waals surface area contributed by atoms with Crippen LogP contribution in [0, 0.1) is 0 Å². The van der Waals surface area contributed by atoms with Crippen LogP contribution in [0.3, 0.4) is 0 Å². The van der Waals surface area contributed by atoms with Crippen LogP contribution in [0.4, 0.5) is 11.4 Å². The van der Waals surface area contributed by atoms with E-state index in [-0.39, 0.29) is 0 Å². The van der Waals surface area contributed by atoms with Gasteiger partial charge in [-0.2, -0.15) is 0 Å². The van der Waals surface area contributed by atoms with Crippen LogP contribution in [0.1, 0.15) is 5.56 Å². The maximum Gasteiger partial charge on any atom is 0.145 e. The number of aromatic nitrogens is 1. The van der Waals surface area contributed by atoms with Gasteiger partial charge in [0.25, 0.3) is 0 Å². The monoisotopic (exact) mass is 576 g/mol. The molecule has 3 heteroatoms. The molecule has 0 saturated carbocycles. The zero-order valence-corrected chi connectivity index (χ0v) is 24.5. The number of nitrogens with zero attached hydrogens (tertiary/aromatic N) is 2. The molecule has 0 saturated heterocycles. The lowest BCUT2D eigenvalue weighted by Crippen LogP contribution is -2.11. The topological polar surface area (TPSA) is 21.3 Å². The molecule has 0 atom stereocenters. The highest BCUT2D eigenvalue weighted by Crippen LogP contribution is 2.43. The van der Waals surface area contributed by atoms with E-state index in [9.17, 15) is 0 Å². The normalized spacial score (nSPS) is 14.6. The molecule has 3 heterocycles. The van der Waals surface area contributed by atoms with E-state index in [1.165, 1.54) is 32.9 Å². The van der Waals surface area contributed by atoms with Gasteiger partial charge in [-0.1, -0.05) is 97.6 Å². The van der Waals surface area contributed by atoms with Crippen molar-refractivity contribution in [2.24, 2.45) is 0 Å². The second-order valence-corrected chi connectivity index (χ2v) is 11.5. The number of furan rings is 1. The molecule has 9 rings (SSSR count). The molecule has 45 heavy (non-hydrogen) atoms. The minimum absolute atomic E-state index is 0.845. The molecular formula is C42H28N2O. The Morgan fingerprint density at radius 1 is 0.533 bits per heavy atom. The van der Waals surface area contributed by atoms with E-state index in [1.807, 2.05) is 12.1 Å². The fraction of sp³-hybridized carbons (Fsp3) is 0. The smallest absolute Gasteiger partial charge is 0.145 e. The van der Waals surface area contributed by atoms with Gasteiger partial charge in [-0.15, -0.1) is 0 Å². The minimum atomic E-state index is 0.845.